The molecule has 5 heterocycles. The molecule has 2 saturated heterocycles. The predicted octanol–water partition coefficient (Wildman–Crippen LogP) is 2.50. The summed E-state index contributed by atoms with van der Waals surface area (Å²) >= 11 is 0. The molecule has 1 aromatic carbocycles. The van der Waals surface area contributed by atoms with Crippen molar-refractivity contribution < 1.29 is 18.8 Å². The van der Waals surface area contributed by atoms with Crippen LogP contribution in [0.1, 0.15) is 47.2 Å². The number of halogens is 1. The highest BCUT2D eigenvalue weighted by Gasteiger charge is 2.40. The third-order valence-corrected chi connectivity index (χ3v) is 7.06. The van der Waals surface area contributed by atoms with Gasteiger partial charge in [0.15, 0.2) is 0 Å². The van der Waals surface area contributed by atoms with Gasteiger partial charge in [0, 0.05) is 25.1 Å². The number of imidazole rings is 1. The summed E-state index contributed by atoms with van der Waals surface area (Å²) in [6, 6.07) is 6.61. The van der Waals surface area contributed by atoms with E-state index < -0.39 is 23.7 Å². The van der Waals surface area contributed by atoms with Crippen LogP contribution >= 0.6 is 0 Å². The Morgan fingerprint density at radius 1 is 1.09 bits per heavy atom. The first-order chi connectivity index (χ1) is 16.5. The highest BCUT2D eigenvalue weighted by atomic mass is 19.1. The van der Waals surface area contributed by atoms with Crippen molar-refractivity contribution in [1.29, 1.82) is 0 Å². The number of carbonyl (C=O) groups is 3. The monoisotopic (exact) mass is 461 g/mol. The number of amides is 3. The van der Waals surface area contributed by atoms with Crippen LogP contribution in [0.25, 0.3) is 16.8 Å². The maximum absolute atomic E-state index is 15.3. The zero-order valence-corrected chi connectivity index (χ0v) is 18.6. The highest BCUT2D eigenvalue weighted by molar-refractivity contribution is 6.05. The summed E-state index contributed by atoms with van der Waals surface area (Å²) in [7, 11) is 0. The number of imide groups is 1. The van der Waals surface area contributed by atoms with Crippen LogP contribution in [-0.4, -0.2) is 56.0 Å². The number of piperidine rings is 1. The normalized spacial score (nSPS) is 20.9. The number of hydrogen-bond acceptors (Lipinski definition) is 5. The van der Waals surface area contributed by atoms with Crippen LogP contribution in [0.3, 0.4) is 0 Å². The largest absolute Gasteiger partial charge is 0.322 e. The fourth-order valence-corrected chi connectivity index (χ4v) is 5.41. The summed E-state index contributed by atoms with van der Waals surface area (Å²) < 4.78 is 17.2. The van der Waals surface area contributed by atoms with Crippen LogP contribution in [0.15, 0.2) is 36.8 Å². The van der Waals surface area contributed by atoms with Gasteiger partial charge in [0.25, 0.3) is 5.91 Å². The quantitative estimate of drug-likeness (QED) is 0.604. The number of benzene rings is 1. The summed E-state index contributed by atoms with van der Waals surface area (Å²) in [6.07, 6.45) is 6.30. The molecule has 1 unspecified atom stereocenters. The Morgan fingerprint density at radius 3 is 2.71 bits per heavy atom. The first kappa shape index (κ1) is 21.0. The number of likely N-dealkylation sites (tertiary alicyclic amines) is 1. The number of nitrogens with zero attached hydrogens (tertiary/aromatic N) is 4. The molecular formula is C25H24FN5O3. The van der Waals surface area contributed by atoms with E-state index in [-0.39, 0.29) is 30.9 Å². The van der Waals surface area contributed by atoms with Gasteiger partial charge in [-0.25, -0.2) is 9.37 Å². The fraction of sp³-hybridized carbons (Fsp3) is 0.360. The van der Waals surface area contributed by atoms with Crippen LogP contribution in [0.5, 0.6) is 0 Å². The van der Waals surface area contributed by atoms with Crippen molar-refractivity contribution in [2.45, 2.75) is 44.8 Å². The van der Waals surface area contributed by atoms with E-state index >= 15 is 4.39 Å². The molecule has 3 aliphatic rings. The molecular weight excluding hydrogens is 437 g/mol. The average Bonchev–Trinajstić information content (AvgIpc) is 3.54. The molecule has 0 saturated carbocycles. The number of fused-ring (bicyclic) bond motifs is 2. The van der Waals surface area contributed by atoms with E-state index in [1.807, 2.05) is 10.5 Å². The molecule has 1 N–H and O–H groups in total. The zero-order chi connectivity index (χ0) is 23.4. The first-order valence-electron chi connectivity index (χ1n) is 11.6. The van der Waals surface area contributed by atoms with Crippen molar-refractivity contribution in [2.75, 3.05) is 13.1 Å². The van der Waals surface area contributed by atoms with Crippen molar-refractivity contribution in [3.05, 3.63) is 59.3 Å². The predicted molar refractivity (Wildman–Crippen MR) is 121 cm³/mol. The second-order valence-corrected chi connectivity index (χ2v) is 9.31. The summed E-state index contributed by atoms with van der Waals surface area (Å²) in [6.45, 7) is 3.10. The number of nitrogens with one attached hydrogen (secondary N) is 1. The second-order valence-electron chi connectivity index (χ2n) is 9.31. The minimum Gasteiger partial charge on any atom is -0.322 e. The number of pyridine rings is 1. The standard InChI is InChI=1S/C25H24FN5O3/c26-19-10-16(9-17-13-30(25(34)23(17)19)20-3-4-22(32)28-24(20)33)21-8-15(12-29-5-1-2-6-29)7-18-11-27-14-31(18)21/h7-11,14,20H,1-6,12-13H2,(H,28,32,33). The molecule has 8 nitrogen and oxygen atoms in total. The van der Waals surface area contributed by atoms with E-state index in [2.05, 4.69) is 27.3 Å². The van der Waals surface area contributed by atoms with Crippen molar-refractivity contribution >= 4 is 23.2 Å². The number of hydrogen-bond donors (Lipinski definition) is 1. The Kier molecular flexibility index (Phi) is 4.95. The van der Waals surface area contributed by atoms with Gasteiger partial charge >= 0.3 is 0 Å². The molecule has 3 amide bonds. The lowest BCUT2D eigenvalue weighted by atomic mass is 10.0. The number of aromatic nitrogens is 2. The second kappa shape index (κ2) is 8.02. The van der Waals surface area contributed by atoms with Crippen molar-refractivity contribution in [2.24, 2.45) is 0 Å². The summed E-state index contributed by atoms with van der Waals surface area (Å²) in [4.78, 5) is 44.9. The Hall–Kier alpha value is -3.59. The van der Waals surface area contributed by atoms with Crippen LogP contribution in [0, 0.1) is 5.82 Å². The molecule has 0 bridgehead atoms. The summed E-state index contributed by atoms with van der Waals surface area (Å²) in [5.41, 5.74) is 4.06. The molecule has 1 atom stereocenters. The smallest absolute Gasteiger partial charge is 0.258 e. The molecule has 2 aromatic heterocycles. The molecule has 0 aliphatic carbocycles. The van der Waals surface area contributed by atoms with Gasteiger partial charge in [-0.1, -0.05) is 0 Å². The molecule has 34 heavy (non-hydrogen) atoms. The van der Waals surface area contributed by atoms with E-state index in [0.29, 0.717) is 11.1 Å². The lowest BCUT2D eigenvalue weighted by molar-refractivity contribution is -0.136. The molecule has 3 aromatic rings. The lowest BCUT2D eigenvalue weighted by Crippen LogP contribution is -2.52. The van der Waals surface area contributed by atoms with Gasteiger partial charge in [0.2, 0.25) is 11.8 Å². The van der Waals surface area contributed by atoms with Crippen molar-refractivity contribution in [3.8, 4) is 11.3 Å². The number of carbonyl (C=O) groups excluding carboxylic acids is 3. The highest BCUT2D eigenvalue weighted by Crippen LogP contribution is 2.34. The third-order valence-electron chi connectivity index (χ3n) is 7.06. The minimum absolute atomic E-state index is 0.00328. The number of rotatable bonds is 4. The first-order valence-corrected chi connectivity index (χ1v) is 11.6. The minimum atomic E-state index is -0.774. The van der Waals surface area contributed by atoms with Crippen LogP contribution in [-0.2, 0) is 22.7 Å². The van der Waals surface area contributed by atoms with Gasteiger partial charge in [-0.3, -0.25) is 29.0 Å². The van der Waals surface area contributed by atoms with Gasteiger partial charge in [0.1, 0.15) is 11.9 Å². The van der Waals surface area contributed by atoms with Gasteiger partial charge in [0.05, 0.1) is 29.3 Å². The summed E-state index contributed by atoms with van der Waals surface area (Å²) in [5, 5.41) is 2.28. The van der Waals surface area contributed by atoms with E-state index in [9.17, 15) is 14.4 Å². The van der Waals surface area contributed by atoms with Gasteiger partial charge in [-0.2, -0.15) is 0 Å². The summed E-state index contributed by atoms with van der Waals surface area (Å²) in [5.74, 6) is -1.97. The lowest BCUT2D eigenvalue weighted by Gasteiger charge is -2.29. The topological polar surface area (TPSA) is 87.0 Å². The molecule has 0 spiro atoms. The van der Waals surface area contributed by atoms with Gasteiger partial charge in [-0.05, 0) is 67.7 Å². The van der Waals surface area contributed by atoms with Crippen LogP contribution in [0.2, 0.25) is 0 Å². The zero-order valence-electron chi connectivity index (χ0n) is 18.6. The van der Waals surface area contributed by atoms with Crippen molar-refractivity contribution in [3.63, 3.8) is 0 Å². The van der Waals surface area contributed by atoms with Crippen molar-refractivity contribution in [1.82, 2.24) is 24.5 Å². The van der Waals surface area contributed by atoms with E-state index in [0.717, 1.165) is 36.4 Å². The van der Waals surface area contributed by atoms with E-state index in [4.69, 9.17) is 0 Å². The van der Waals surface area contributed by atoms with Crippen LogP contribution < -0.4 is 5.32 Å². The SMILES string of the molecule is O=C1CCC(N2Cc3cc(-c4cc(CN5CCCC5)cc5cncn45)cc(F)c3C2=O)C(=O)N1. The molecule has 0 radical (unpaired) electrons. The van der Waals surface area contributed by atoms with Gasteiger partial charge in [-0.15, -0.1) is 0 Å². The molecule has 174 valence electrons. The van der Waals surface area contributed by atoms with Gasteiger partial charge < -0.3 is 4.90 Å². The van der Waals surface area contributed by atoms with E-state index in [1.54, 1.807) is 12.5 Å². The Balaban J connectivity index is 1.37. The molecule has 3 aliphatic heterocycles. The Bertz CT molecular complexity index is 1340. The maximum atomic E-state index is 15.3. The maximum Gasteiger partial charge on any atom is 0.258 e. The molecule has 6 rings (SSSR count). The third kappa shape index (κ3) is 3.47. The Morgan fingerprint density at radius 2 is 1.91 bits per heavy atom. The fourth-order valence-electron chi connectivity index (χ4n) is 5.41. The average molecular weight is 461 g/mol. The van der Waals surface area contributed by atoms with Crippen LogP contribution in [0.4, 0.5) is 4.39 Å². The molecule has 9 heteroatoms. The van der Waals surface area contributed by atoms with E-state index in [1.165, 1.54) is 23.8 Å². The molecule has 2 fully saturated rings. The Labute approximate surface area is 195 Å².